The minimum atomic E-state index is 0.536. The highest BCUT2D eigenvalue weighted by molar-refractivity contribution is 5.90. The van der Waals surface area contributed by atoms with Crippen molar-refractivity contribution in [3.8, 4) is 79.4 Å². The van der Waals surface area contributed by atoms with Gasteiger partial charge in [0, 0.05) is 39.2 Å². The van der Waals surface area contributed by atoms with Crippen LogP contribution in [0.4, 0.5) is 0 Å². The van der Waals surface area contributed by atoms with E-state index in [1.807, 2.05) is 54.6 Å². The second-order valence-corrected chi connectivity index (χ2v) is 14.5. The fourth-order valence-corrected chi connectivity index (χ4v) is 8.05. The van der Waals surface area contributed by atoms with E-state index < -0.39 is 0 Å². The number of fused-ring (bicyclic) bond motifs is 2. The maximum Gasteiger partial charge on any atom is 0.164 e. The van der Waals surface area contributed by atoms with Crippen molar-refractivity contribution < 1.29 is 0 Å². The molecule has 0 bridgehead atoms. The summed E-state index contributed by atoms with van der Waals surface area (Å²) in [7, 11) is 0. The van der Waals surface area contributed by atoms with E-state index in [1.165, 1.54) is 0 Å². The average Bonchev–Trinajstić information content (AvgIpc) is 3.92. The zero-order valence-electron chi connectivity index (χ0n) is 32.3. The van der Waals surface area contributed by atoms with Crippen molar-refractivity contribution in [1.82, 2.24) is 34.1 Å². The molecule has 7 nitrogen and oxygen atoms in total. The Balaban J connectivity index is 1.16. The number of rotatable bonds is 8. The topological polar surface area (TPSA) is 74.3 Å². The van der Waals surface area contributed by atoms with Crippen molar-refractivity contribution in [3.63, 3.8) is 0 Å². The third kappa shape index (κ3) is 6.22. The van der Waals surface area contributed by atoms with Gasteiger partial charge in [-0.25, -0.2) is 24.9 Å². The second-order valence-electron chi connectivity index (χ2n) is 14.5. The molecule has 0 aliphatic carbocycles. The predicted octanol–water partition coefficient (Wildman–Crippen LogP) is 12.6. The predicted molar refractivity (Wildman–Crippen MR) is 242 cm³/mol. The molecule has 0 saturated carbocycles. The van der Waals surface area contributed by atoms with Crippen molar-refractivity contribution in [2.24, 2.45) is 0 Å². The molecule has 0 unspecified atom stereocenters. The lowest BCUT2D eigenvalue weighted by molar-refractivity contribution is 1.06. The zero-order valence-corrected chi connectivity index (χ0v) is 32.3. The highest BCUT2D eigenvalue weighted by atomic mass is 15.1. The fraction of sp³-hybridized carbons (Fsp3) is 0. The van der Waals surface area contributed by atoms with Gasteiger partial charge in [0.15, 0.2) is 17.5 Å². The van der Waals surface area contributed by atoms with Gasteiger partial charge >= 0.3 is 0 Å². The van der Waals surface area contributed by atoms with E-state index in [9.17, 15) is 0 Å². The summed E-state index contributed by atoms with van der Waals surface area (Å²) < 4.78 is 4.42. The number of benzene rings is 8. The van der Waals surface area contributed by atoms with Gasteiger partial charge in [0.2, 0.25) is 0 Å². The van der Waals surface area contributed by atoms with Crippen molar-refractivity contribution in [2.75, 3.05) is 0 Å². The monoisotopic (exact) mass is 769 g/mol. The molecule has 0 N–H and O–H groups in total. The number of hydrogen-bond donors (Lipinski definition) is 0. The summed E-state index contributed by atoms with van der Waals surface area (Å²) in [6, 6.07) is 72.5. The van der Waals surface area contributed by atoms with Gasteiger partial charge in [-0.15, -0.1) is 0 Å². The highest BCUT2D eigenvalue weighted by Gasteiger charge is 2.23. The van der Waals surface area contributed by atoms with Crippen LogP contribution >= 0.6 is 0 Å². The van der Waals surface area contributed by atoms with Crippen LogP contribution in [0, 0.1) is 0 Å². The van der Waals surface area contributed by atoms with Crippen molar-refractivity contribution in [2.45, 2.75) is 0 Å². The van der Waals surface area contributed by atoms with Gasteiger partial charge in [-0.1, -0.05) is 158 Å². The summed E-state index contributed by atoms with van der Waals surface area (Å²) >= 11 is 0. The SMILES string of the molecule is c1ccc(-c2cccc(-c3nc(-c4ccccc4-c4nc5ccccc5n4-c4ccccc4)nc(-c4ccccc4-c4nc5ccccc5n4-c4ccccc4)n3)c2)cc1. The Morgan fingerprint density at radius 2 is 0.650 bits per heavy atom. The molecule has 0 saturated heterocycles. The fourth-order valence-electron chi connectivity index (χ4n) is 8.05. The van der Waals surface area contributed by atoms with Gasteiger partial charge in [0.05, 0.1) is 22.1 Å². The molecular formula is C53H35N7. The first-order valence-corrected chi connectivity index (χ1v) is 19.9. The zero-order chi connectivity index (χ0) is 39.8. The van der Waals surface area contributed by atoms with Crippen LogP contribution in [0.3, 0.4) is 0 Å². The van der Waals surface area contributed by atoms with Crippen LogP contribution in [-0.2, 0) is 0 Å². The molecule has 0 radical (unpaired) electrons. The van der Waals surface area contributed by atoms with E-state index in [4.69, 9.17) is 24.9 Å². The number of nitrogens with zero attached hydrogens (tertiary/aromatic N) is 7. The molecule has 0 aliphatic rings. The van der Waals surface area contributed by atoms with E-state index in [2.05, 4.69) is 167 Å². The maximum absolute atomic E-state index is 5.37. The summed E-state index contributed by atoms with van der Waals surface area (Å²) in [5.41, 5.74) is 12.4. The Bertz CT molecular complexity index is 3140. The molecule has 0 atom stereocenters. The summed E-state index contributed by atoms with van der Waals surface area (Å²) in [6.07, 6.45) is 0. The van der Waals surface area contributed by atoms with Gasteiger partial charge < -0.3 is 0 Å². The maximum atomic E-state index is 5.37. The van der Waals surface area contributed by atoms with E-state index in [0.717, 1.165) is 84.0 Å². The third-order valence-corrected chi connectivity index (χ3v) is 10.8. The summed E-state index contributed by atoms with van der Waals surface area (Å²) in [6.45, 7) is 0. The summed E-state index contributed by atoms with van der Waals surface area (Å²) in [5, 5.41) is 0. The first-order chi connectivity index (χ1) is 29.8. The molecule has 0 amide bonds. The normalized spacial score (nSPS) is 11.3. The minimum Gasteiger partial charge on any atom is -0.292 e. The molecule has 60 heavy (non-hydrogen) atoms. The van der Waals surface area contributed by atoms with Gasteiger partial charge in [0.25, 0.3) is 0 Å². The van der Waals surface area contributed by atoms with E-state index >= 15 is 0 Å². The van der Waals surface area contributed by atoms with Gasteiger partial charge in [0.1, 0.15) is 11.6 Å². The molecule has 3 heterocycles. The van der Waals surface area contributed by atoms with Crippen LogP contribution in [-0.4, -0.2) is 34.1 Å². The molecule has 7 heteroatoms. The van der Waals surface area contributed by atoms with E-state index in [0.29, 0.717) is 17.5 Å². The highest BCUT2D eigenvalue weighted by Crippen LogP contribution is 2.38. The van der Waals surface area contributed by atoms with Crippen LogP contribution in [0.2, 0.25) is 0 Å². The number of para-hydroxylation sites is 6. The molecule has 3 aromatic heterocycles. The smallest absolute Gasteiger partial charge is 0.164 e. The van der Waals surface area contributed by atoms with Gasteiger partial charge in [-0.05, 0) is 65.7 Å². The van der Waals surface area contributed by atoms with Crippen molar-refractivity contribution in [1.29, 1.82) is 0 Å². The van der Waals surface area contributed by atoms with Crippen LogP contribution < -0.4 is 0 Å². The lowest BCUT2D eigenvalue weighted by Gasteiger charge is -2.15. The third-order valence-electron chi connectivity index (χ3n) is 10.8. The lowest BCUT2D eigenvalue weighted by atomic mass is 10.0. The molecule has 0 aliphatic heterocycles. The molecule has 282 valence electrons. The number of hydrogen-bond acceptors (Lipinski definition) is 5. The van der Waals surface area contributed by atoms with E-state index in [1.54, 1.807) is 0 Å². The Hall–Kier alpha value is -8.29. The Morgan fingerprint density at radius 1 is 0.267 bits per heavy atom. The first-order valence-electron chi connectivity index (χ1n) is 19.9. The molecule has 8 aromatic carbocycles. The average molecular weight is 770 g/mol. The molecular weight excluding hydrogens is 735 g/mol. The number of aromatic nitrogens is 7. The van der Waals surface area contributed by atoms with Crippen LogP contribution in [0.5, 0.6) is 0 Å². The second kappa shape index (κ2) is 14.9. The van der Waals surface area contributed by atoms with E-state index in [-0.39, 0.29) is 0 Å². The molecule has 11 rings (SSSR count). The number of imidazole rings is 2. The molecule has 0 fully saturated rings. The standard InChI is InChI=1S/C53H35N7/c1-4-19-36(20-5-1)37-21-18-22-38(35-37)49-56-50(41-27-10-12-29-43(41)52-54-45-31-14-16-33-47(45)59(52)39-23-6-2-7-24-39)58-51(57-49)42-28-11-13-30-44(42)53-55-46-32-15-17-34-48(46)60(53)40-25-8-3-9-26-40/h1-35H. The Morgan fingerprint density at radius 3 is 1.17 bits per heavy atom. The Labute approximate surface area is 346 Å². The van der Waals surface area contributed by atoms with Gasteiger partial charge in [-0.2, -0.15) is 0 Å². The van der Waals surface area contributed by atoms with Crippen molar-refractivity contribution in [3.05, 3.63) is 212 Å². The quantitative estimate of drug-likeness (QED) is 0.154. The molecule has 11 aromatic rings. The first kappa shape index (κ1) is 34.9. The van der Waals surface area contributed by atoms with Crippen LogP contribution in [0.25, 0.3) is 102 Å². The van der Waals surface area contributed by atoms with Crippen LogP contribution in [0.1, 0.15) is 0 Å². The summed E-state index contributed by atoms with van der Waals surface area (Å²) in [5.74, 6) is 3.22. The minimum absolute atomic E-state index is 0.536. The van der Waals surface area contributed by atoms with Gasteiger partial charge in [-0.3, -0.25) is 9.13 Å². The van der Waals surface area contributed by atoms with Crippen molar-refractivity contribution >= 4 is 22.1 Å². The molecule has 0 spiro atoms. The Kier molecular flexibility index (Phi) is 8.67. The largest absolute Gasteiger partial charge is 0.292 e. The summed E-state index contributed by atoms with van der Waals surface area (Å²) in [4.78, 5) is 26.5. The van der Waals surface area contributed by atoms with Crippen LogP contribution in [0.15, 0.2) is 212 Å². The lowest BCUT2D eigenvalue weighted by Crippen LogP contribution is -2.04.